The second kappa shape index (κ2) is 6.43. The molecule has 1 aromatic carbocycles. The van der Waals surface area contributed by atoms with Crippen molar-refractivity contribution in [3.05, 3.63) is 41.6 Å². The molecule has 0 saturated heterocycles. The predicted molar refractivity (Wildman–Crippen MR) is 85.7 cm³/mol. The molecule has 0 amide bonds. The van der Waals surface area contributed by atoms with E-state index in [0.29, 0.717) is 5.95 Å². The molecule has 0 radical (unpaired) electrons. The molecule has 0 aliphatic heterocycles. The molecule has 112 valence electrons. The van der Waals surface area contributed by atoms with Crippen LogP contribution in [0.15, 0.2) is 30.3 Å². The molecule has 2 aromatic rings. The van der Waals surface area contributed by atoms with Crippen molar-refractivity contribution in [3.8, 4) is 5.75 Å². The fourth-order valence-corrected chi connectivity index (χ4v) is 2.31. The van der Waals surface area contributed by atoms with Crippen LogP contribution in [0.2, 0.25) is 0 Å². The maximum Gasteiger partial charge on any atom is 0.222 e. The van der Waals surface area contributed by atoms with Gasteiger partial charge in [-0.3, -0.25) is 0 Å². The standard InChI is InChI=1S/C16H22N4O/c1-11-9-15(19-16(17)18-11)20(3)12(2)10-13-7-5-6-8-14(13)21-4/h5-9,12H,10H2,1-4H3,(H2,17,18,19). The molecule has 21 heavy (non-hydrogen) atoms. The van der Waals surface area contributed by atoms with Crippen LogP contribution in [0.5, 0.6) is 5.75 Å². The van der Waals surface area contributed by atoms with Crippen LogP contribution in [0.4, 0.5) is 11.8 Å². The van der Waals surface area contributed by atoms with Gasteiger partial charge in [-0.05, 0) is 31.9 Å². The lowest BCUT2D eigenvalue weighted by atomic mass is 10.1. The number of ether oxygens (including phenoxy) is 1. The van der Waals surface area contributed by atoms with E-state index in [2.05, 4.69) is 27.9 Å². The Morgan fingerprint density at radius 3 is 2.67 bits per heavy atom. The molecule has 1 atom stereocenters. The first-order valence-electron chi connectivity index (χ1n) is 6.97. The number of aromatic nitrogens is 2. The van der Waals surface area contributed by atoms with Gasteiger partial charge in [-0.2, -0.15) is 4.98 Å². The van der Waals surface area contributed by atoms with E-state index in [4.69, 9.17) is 10.5 Å². The van der Waals surface area contributed by atoms with Gasteiger partial charge >= 0.3 is 0 Å². The molecule has 2 N–H and O–H groups in total. The van der Waals surface area contributed by atoms with Crippen LogP contribution >= 0.6 is 0 Å². The highest BCUT2D eigenvalue weighted by molar-refractivity contribution is 5.44. The number of para-hydroxylation sites is 1. The van der Waals surface area contributed by atoms with Crippen LogP contribution < -0.4 is 15.4 Å². The topological polar surface area (TPSA) is 64.3 Å². The van der Waals surface area contributed by atoms with E-state index in [1.54, 1.807) is 7.11 Å². The summed E-state index contributed by atoms with van der Waals surface area (Å²) in [6.07, 6.45) is 0.865. The average molecular weight is 286 g/mol. The summed E-state index contributed by atoms with van der Waals surface area (Å²) in [4.78, 5) is 10.5. The first kappa shape index (κ1) is 15.1. The first-order valence-corrected chi connectivity index (χ1v) is 6.97. The van der Waals surface area contributed by atoms with Crippen molar-refractivity contribution in [1.29, 1.82) is 0 Å². The Labute approximate surface area is 125 Å². The number of rotatable bonds is 5. The number of hydrogen-bond acceptors (Lipinski definition) is 5. The molecule has 5 nitrogen and oxygen atoms in total. The predicted octanol–water partition coefficient (Wildman–Crippen LogP) is 2.44. The Hall–Kier alpha value is -2.30. The summed E-state index contributed by atoms with van der Waals surface area (Å²) in [6, 6.07) is 10.3. The van der Waals surface area contributed by atoms with Crippen molar-refractivity contribution in [3.63, 3.8) is 0 Å². The Bertz CT molecular complexity index is 595. The molecule has 0 fully saturated rings. The van der Waals surface area contributed by atoms with Gasteiger partial charge in [0.05, 0.1) is 7.11 Å². The van der Waals surface area contributed by atoms with Gasteiger partial charge in [-0.15, -0.1) is 0 Å². The number of benzene rings is 1. The van der Waals surface area contributed by atoms with Crippen LogP contribution in [-0.4, -0.2) is 30.2 Å². The zero-order chi connectivity index (χ0) is 15.4. The normalized spacial score (nSPS) is 12.0. The molecule has 0 saturated carbocycles. The molecule has 1 unspecified atom stereocenters. The third kappa shape index (κ3) is 3.62. The van der Waals surface area contributed by atoms with Gasteiger partial charge in [-0.25, -0.2) is 4.98 Å². The highest BCUT2D eigenvalue weighted by atomic mass is 16.5. The van der Waals surface area contributed by atoms with Gasteiger partial charge in [0, 0.05) is 24.8 Å². The minimum Gasteiger partial charge on any atom is -0.496 e. The molecule has 0 spiro atoms. The molecule has 0 aliphatic carbocycles. The summed E-state index contributed by atoms with van der Waals surface area (Å²) >= 11 is 0. The Morgan fingerprint density at radius 2 is 2.00 bits per heavy atom. The van der Waals surface area contributed by atoms with E-state index in [-0.39, 0.29) is 6.04 Å². The van der Waals surface area contributed by atoms with Crippen LogP contribution in [0.3, 0.4) is 0 Å². The summed E-state index contributed by atoms with van der Waals surface area (Å²) in [7, 11) is 3.71. The summed E-state index contributed by atoms with van der Waals surface area (Å²) < 4.78 is 5.41. The second-order valence-corrected chi connectivity index (χ2v) is 5.20. The van der Waals surface area contributed by atoms with E-state index in [9.17, 15) is 0 Å². The van der Waals surface area contributed by atoms with Crippen molar-refractivity contribution < 1.29 is 4.74 Å². The highest BCUT2D eigenvalue weighted by Crippen LogP contribution is 2.22. The minimum absolute atomic E-state index is 0.259. The van der Waals surface area contributed by atoms with Crippen molar-refractivity contribution in [1.82, 2.24) is 9.97 Å². The zero-order valence-corrected chi connectivity index (χ0v) is 13.0. The van der Waals surface area contributed by atoms with Gasteiger partial charge in [0.1, 0.15) is 11.6 Å². The number of likely N-dealkylation sites (N-methyl/N-ethyl adjacent to an activating group) is 1. The minimum atomic E-state index is 0.259. The van der Waals surface area contributed by atoms with Crippen LogP contribution in [0.1, 0.15) is 18.2 Å². The quantitative estimate of drug-likeness (QED) is 0.914. The van der Waals surface area contributed by atoms with Gasteiger partial charge < -0.3 is 15.4 Å². The van der Waals surface area contributed by atoms with Gasteiger partial charge in [0.15, 0.2) is 0 Å². The van der Waals surface area contributed by atoms with Crippen molar-refractivity contribution in [2.24, 2.45) is 0 Å². The number of hydrogen-bond donors (Lipinski definition) is 1. The largest absolute Gasteiger partial charge is 0.496 e. The van der Waals surface area contributed by atoms with Crippen molar-refractivity contribution >= 4 is 11.8 Å². The third-order valence-electron chi connectivity index (χ3n) is 3.59. The molecule has 2 rings (SSSR count). The average Bonchev–Trinajstić information content (AvgIpc) is 2.46. The Morgan fingerprint density at radius 1 is 1.29 bits per heavy atom. The van der Waals surface area contributed by atoms with Crippen LogP contribution in [-0.2, 0) is 6.42 Å². The zero-order valence-electron chi connectivity index (χ0n) is 13.0. The number of nitrogens with two attached hydrogens (primary N) is 1. The van der Waals surface area contributed by atoms with Gasteiger partial charge in [-0.1, -0.05) is 18.2 Å². The monoisotopic (exact) mass is 286 g/mol. The summed E-state index contributed by atoms with van der Waals surface area (Å²) in [5.41, 5.74) is 7.77. The second-order valence-electron chi connectivity index (χ2n) is 5.20. The van der Waals surface area contributed by atoms with E-state index in [1.807, 2.05) is 38.2 Å². The van der Waals surface area contributed by atoms with E-state index < -0.39 is 0 Å². The number of nitrogens with zero attached hydrogens (tertiary/aromatic N) is 3. The number of nitrogen functional groups attached to an aromatic ring is 1. The van der Waals surface area contributed by atoms with Crippen molar-refractivity contribution in [2.45, 2.75) is 26.3 Å². The van der Waals surface area contributed by atoms with E-state index in [1.165, 1.54) is 5.56 Å². The van der Waals surface area contributed by atoms with Gasteiger partial charge in [0.2, 0.25) is 5.95 Å². The summed E-state index contributed by atoms with van der Waals surface area (Å²) in [5, 5.41) is 0. The fraction of sp³-hybridized carbons (Fsp3) is 0.375. The lowest BCUT2D eigenvalue weighted by Crippen LogP contribution is -2.31. The molecular weight excluding hydrogens is 264 g/mol. The number of anilines is 2. The van der Waals surface area contributed by atoms with Crippen molar-refractivity contribution in [2.75, 3.05) is 24.8 Å². The lowest BCUT2D eigenvalue weighted by Gasteiger charge is -2.26. The van der Waals surface area contributed by atoms with Crippen LogP contribution in [0.25, 0.3) is 0 Å². The number of methoxy groups -OCH3 is 1. The SMILES string of the molecule is COc1ccccc1CC(C)N(C)c1cc(C)nc(N)n1. The van der Waals surface area contributed by atoms with E-state index in [0.717, 1.165) is 23.7 Å². The highest BCUT2D eigenvalue weighted by Gasteiger charge is 2.15. The molecular formula is C16H22N4O. The smallest absolute Gasteiger partial charge is 0.222 e. The third-order valence-corrected chi connectivity index (χ3v) is 3.59. The summed E-state index contributed by atoms with van der Waals surface area (Å²) in [5.74, 6) is 2.06. The molecule has 0 aliphatic rings. The molecule has 0 bridgehead atoms. The first-order chi connectivity index (χ1) is 10.0. The van der Waals surface area contributed by atoms with Gasteiger partial charge in [0.25, 0.3) is 0 Å². The lowest BCUT2D eigenvalue weighted by molar-refractivity contribution is 0.408. The maximum absolute atomic E-state index is 5.73. The maximum atomic E-state index is 5.73. The molecule has 1 heterocycles. The fourth-order valence-electron chi connectivity index (χ4n) is 2.31. The summed E-state index contributed by atoms with van der Waals surface area (Å²) in [6.45, 7) is 4.07. The Balaban J connectivity index is 2.17. The Kier molecular flexibility index (Phi) is 4.62. The van der Waals surface area contributed by atoms with Crippen LogP contribution in [0, 0.1) is 6.92 Å². The van der Waals surface area contributed by atoms with E-state index >= 15 is 0 Å². The molecule has 1 aromatic heterocycles. The number of aryl methyl sites for hydroxylation is 1. The molecule has 5 heteroatoms.